The van der Waals surface area contributed by atoms with Crippen LogP contribution in [0.1, 0.15) is 19.8 Å². The van der Waals surface area contributed by atoms with E-state index < -0.39 is 0 Å². The van der Waals surface area contributed by atoms with Gasteiger partial charge in [-0.15, -0.1) is 0 Å². The predicted octanol–water partition coefficient (Wildman–Crippen LogP) is 0.633. The number of nitrogens with two attached hydrogens (primary N) is 1. The highest BCUT2D eigenvalue weighted by atomic mass is 32.1. The number of thiol groups is 1. The van der Waals surface area contributed by atoms with Gasteiger partial charge in [0.05, 0.1) is 0 Å². The molecule has 1 aliphatic heterocycles. The molecule has 1 heterocycles. The Bertz CT molecular complexity index is 75.7. The first-order valence-electron chi connectivity index (χ1n) is 3.65. The maximum Gasteiger partial charge on any atom is 0.0150 e. The van der Waals surface area contributed by atoms with Crippen molar-refractivity contribution in [2.24, 2.45) is 5.73 Å². The van der Waals surface area contributed by atoms with Crippen LogP contribution in [0.3, 0.4) is 0 Å². The van der Waals surface area contributed by atoms with E-state index in [0.717, 1.165) is 25.9 Å². The van der Waals surface area contributed by atoms with Crippen LogP contribution in [0.2, 0.25) is 0 Å². The molecule has 1 fully saturated rings. The Morgan fingerprint density at radius 2 is 1.70 bits per heavy atom. The topological polar surface area (TPSA) is 38.0 Å². The van der Waals surface area contributed by atoms with E-state index in [4.69, 9.17) is 5.73 Å². The maximum atomic E-state index is 5.84. The number of nitrogens with one attached hydrogen (secondary N) is 1. The van der Waals surface area contributed by atoms with E-state index in [0.29, 0.717) is 0 Å². The van der Waals surface area contributed by atoms with E-state index in [-0.39, 0.29) is 5.54 Å². The Morgan fingerprint density at radius 3 is 1.90 bits per heavy atom. The average Bonchev–Trinajstić information content (AvgIpc) is 1.92. The standard InChI is InChI=1S/C6H14N2.CH4S/c1-6(7)2-4-8-5-3-6;1-2/h8H,2-5,7H2,1H3;2H,1H3. The highest BCUT2D eigenvalue weighted by Gasteiger charge is 2.20. The Labute approximate surface area is 69.0 Å². The molecule has 0 aliphatic carbocycles. The Kier molecular flexibility index (Phi) is 5.13. The molecule has 0 aromatic carbocycles. The molecule has 2 nitrogen and oxygen atoms in total. The van der Waals surface area contributed by atoms with Crippen molar-refractivity contribution in [2.75, 3.05) is 19.3 Å². The third-order valence-electron chi connectivity index (χ3n) is 1.75. The lowest BCUT2D eigenvalue weighted by Crippen LogP contribution is -2.46. The van der Waals surface area contributed by atoms with Gasteiger partial charge in [0.25, 0.3) is 0 Å². The van der Waals surface area contributed by atoms with E-state index in [9.17, 15) is 0 Å². The zero-order valence-electron chi connectivity index (χ0n) is 6.85. The van der Waals surface area contributed by atoms with Crippen LogP contribution in [0.4, 0.5) is 0 Å². The Hall–Kier alpha value is 0.270. The second-order valence-corrected chi connectivity index (χ2v) is 2.90. The number of hydrogen-bond acceptors (Lipinski definition) is 3. The number of hydrogen-bond donors (Lipinski definition) is 3. The van der Waals surface area contributed by atoms with Gasteiger partial charge >= 0.3 is 0 Å². The van der Waals surface area contributed by atoms with E-state index in [2.05, 4.69) is 24.9 Å². The largest absolute Gasteiger partial charge is 0.325 e. The first kappa shape index (κ1) is 10.3. The average molecular weight is 162 g/mol. The van der Waals surface area contributed by atoms with Crippen molar-refractivity contribution in [3.63, 3.8) is 0 Å². The molecule has 3 heteroatoms. The summed E-state index contributed by atoms with van der Waals surface area (Å²) in [7, 11) is 0. The van der Waals surface area contributed by atoms with Crippen LogP contribution in [0.5, 0.6) is 0 Å². The number of piperidine rings is 1. The van der Waals surface area contributed by atoms with Crippen LogP contribution >= 0.6 is 12.6 Å². The molecule has 0 amide bonds. The highest BCUT2D eigenvalue weighted by Crippen LogP contribution is 2.11. The third kappa shape index (κ3) is 4.14. The normalized spacial score (nSPS) is 22.8. The van der Waals surface area contributed by atoms with E-state index in [1.54, 1.807) is 6.26 Å². The van der Waals surface area contributed by atoms with Gasteiger partial charge in [-0.3, -0.25) is 0 Å². The van der Waals surface area contributed by atoms with Crippen LogP contribution in [-0.4, -0.2) is 24.9 Å². The van der Waals surface area contributed by atoms with Gasteiger partial charge in [-0.2, -0.15) is 12.6 Å². The summed E-state index contributed by atoms with van der Waals surface area (Å²) in [5.74, 6) is 0. The molecule has 3 N–H and O–H groups in total. The van der Waals surface area contributed by atoms with E-state index >= 15 is 0 Å². The summed E-state index contributed by atoms with van der Waals surface area (Å²) in [6, 6.07) is 0. The molecule has 1 saturated heterocycles. The quantitative estimate of drug-likeness (QED) is 0.457. The summed E-state index contributed by atoms with van der Waals surface area (Å²) in [5, 5.41) is 3.26. The molecule has 62 valence electrons. The molecule has 0 aromatic rings. The summed E-state index contributed by atoms with van der Waals surface area (Å²) >= 11 is 3.53. The van der Waals surface area contributed by atoms with Gasteiger partial charge in [0.2, 0.25) is 0 Å². The van der Waals surface area contributed by atoms with Crippen LogP contribution in [0, 0.1) is 0 Å². The van der Waals surface area contributed by atoms with Crippen LogP contribution in [0.25, 0.3) is 0 Å². The predicted molar refractivity (Wildman–Crippen MR) is 49.6 cm³/mol. The molecule has 0 unspecified atom stereocenters. The molecule has 1 rings (SSSR count). The minimum Gasteiger partial charge on any atom is -0.325 e. The lowest BCUT2D eigenvalue weighted by atomic mass is 9.92. The van der Waals surface area contributed by atoms with Gasteiger partial charge in [-0.05, 0) is 39.1 Å². The third-order valence-corrected chi connectivity index (χ3v) is 1.75. The molecule has 1 aliphatic rings. The Balaban J connectivity index is 0.000000371. The minimum absolute atomic E-state index is 0.116. The SMILES string of the molecule is CC1(N)CCNCC1.CS. The fraction of sp³-hybridized carbons (Fsp3) is 1.00. The molecular weight excluding hydrogens is 144 g/mol. The zero-order chi connectivity index (χ0) is 8.04. The van der Waals surface area contributed by atoms with Gasteiger partial charge in [0.15, 0.2) is 0 Å². The van der Waals surface area contributed by atoms with Gasteiger partial charge in [0.1, 0.15) is 0 Å². The second kappa shape index (κ2) is 4.99. The molecule has 0 aromatic heterocycles. The van der Waals surface area contributed by atoms with Crippen LogP contribution < -0.4 is 11.1 Å². The maximum absolute atomic E-state index is 5.84. The van der Waals surface area contributed by atoms with E-state index in [1.165, 1.54) is 0 Å². The lowest BCUT2D eigenvalue weighted by Gasteiger charge is -2.29. The van der Waals surface area contributed by atoms with Crippen molar-refractivity contribution < 1.29 is 0 Å². The summed E-state index contributed by atoms with van der Waals surface area (Å²) < 4.78 is 0. The van der Waals surface area contributed by atoms with Crippen molar-refractivity contribution in [3.8, 4) is 0 Å². The first-order chi connectivity index (χ1) is 4.71. The van der Waals surface area contributed by atoms with Crippen molar-refractivity contribution in [2.45, 2.75) is 25.3 Å². The zero-order valence-corrected chi connectivity index (χ0v) is 7.75. The fourth-order valence-electron chi connectivity index (χ4n) is 0.998. The Morgan fingerprint density at radius 1 is 1.30 bits per heavy atom. The smallest absolute Gasteiger partial charge is 0.0150 e. The molecule has 10 heavy (non-hydrogen) atoms. The highest BCUT2D eigenvalue weighted by molar-refractivity contribution is 7.79. The minimum atomic E-state index is 0.116. The van der Waals surface area contributed by atoms with Crippen LogP contribution in [-0.2, 0) is 0 Å². The lowest BCUT2D eigenvalue weighted by molar-refractivity contribution is 0.337. The molecular formula is C7H18N2S. The summed E-state index contributed by atoms with van der Waals surface area (Å²) in [5.41, 5.74) is 5.95. The van der Waals surface area contributed by atoms with Crippen molar-refractivity contribution >= 4 is 12.6 Å². The number of rotatable bonds is 0. The summed E-state index contributed by atoms with van der Waals surface area (Å²) in [4.78, 5) is 0. The van der Waals surface area contributed by atoms with Gasteiger partial charge < -0.3 is 11.1 Å². The first-order valence-corrected chi connectivity index (χ1v) is 4.54. The summed E-state index contributed by atoms with van der Waals surface area (Å²) in [6.45, 7) is 4.30. The van der Waals surface area contributed by atoms with Gasteiger partial charge in [-0.25, -0.2) is 0 Å². The van der Waals surface area contributed by atoms with Gasteiger partial charge in [-0.1, -0.05) is 0 Å². The molecule has 0 saturated carbocycles. The molecule has 0 radical (unpaired) electrons. The van der Waals surface area contributed by atoms with E-state index in [1.807, 2.05) is 0 Å². The van der Waals surface area contributed by atoms with Gasteiger partial charge in [0, 0.05) is 5.54 Å². The molecule has 0 spiro atoms. The van der Waals surface area contributed by atoms with Crippen molar-refractivity contribution in [1.29, 1.82) is 0 Å². The van der Waals surface area contributed by atoms with Crippen molar-refractivity contribution in [3.05, 3.63) is 0 Å². The van der Waals surface area contributed by atoms with Crippen LogP contribution in [0.15, 0.2) is 0 Å². The van der Waals surface area contributed by atoms with Crippen molar-refractivity contribution in [1.82, 2.24) is 5.32 Å². The molecule has 0 bridgehead atoms. The second-order valence-electron chi connectivity index (χ2n) is 2.90. The monoisotopic (exact) mass is 162 g/mol. The molecule has 0 atom stereocenters. The summed E-state index contributed by atoms with van der Waals surface area (Å²) in [6.07, 6.45) is 3.93. The fourth-order valence-corrected chi connectivity index (χ4v) is 0.998.